The Balaban J connectivity index is 2.24. The van der Waals surface area contributed by atoms with Crippen molar-refractivity contribution >= 4 is 21.8 Å². The molecule has 0 atom stereocenters. The molecule has 1 saturated heterocycles. The summed E-state index contributed by atoms with van der Waals surface area (Å²) in [5.74, 6) is 0.0362. The zero-order chi connectivity index (χ0) is 8.97. The summed E-state index contributed by atoms with van der Waals surface area (Å²) < 4.78 is 10.4. The number of amides is 1. The zero-order valence-electron chi connectivity index (χ0n) is 6.96. The summed E-state index contributed by atoms with van der Waals surface area (Å²) in [7, 11) is 1.73. The molecule has 5 heteroatoms. The van der Waals surface area contributed by atoms with E-state index in [0.29, 0.717) is 25.1 Å². The predicted molar refractivity (Wildman–Crippen MR) is 47.1 cm³/mol. The number of likely N-dealkylation sites (N-methyl/N-ethyl adjacent to an activating group) is 1. The van der Waals surface area contributed by atoms with Gasteiger partial charge in [-0.25, -0.2) is 0 Å². The molecule has 4 nitrogen and oxygen atoms in total. The van der Waals surface area contributed by atoms with E-state index in [1.54, 1.807) is 11.9 Å². The molecule has 12 heavy (non-hydrogen) atoms. The highest BCUT2D eigenvalue weighted by Crippen LogP contribution is 2.05. The van der Waals surface area contributed by atoms with Gasteiger partial charge in [0.1, 0.15) is 0 Å². The van der Waals surface area contributed by atoms with Gasteiger partial charge in [-0.2, -0.15) is 0 Å². The molecule has 0 aromatic heterocycles. The number of ether oxygens (including phenoxy) is 2. The molecular weight excluding hydrogens is 226 g/mol. The van der Waals surface area contributed by atoms with Crippen molar-refractivity contribution in [3.05, 3.63) is 0 Å². The van der Waals surface area contributed by atoms with Gasteiger partial charge in [0, 0.05) is 7.05 Å². The fourth-order valence-corrected chi connectivity index (χ4v) is 1.37. The Bertz CT molecular complexity index is 159. The Labute approximate surface area is 79.9 Å². The van der Waals surface area contributed by atoms with E-state index < -0.39 is 0 Å². The molecule has 0 aromatic rings. The Morgan fingerprint density at radius 2 is 2.17 bits per heavy atom. The van der Waals surface area contributed by atoms with Crippen LogP contribution in [-0.4, -0.2) is 49.2 Å². The van der Waals surface area contributed by atoms with Crippen LogP contribution >= 0.6 is 15.9 Å². The number of halogens is 1. The summed E-state index contributed by atoms with van der Waals surface area (Å²) in [6.45, 7) is 1.76. The molecule has 0 radical (unpaired) electrons. The summed E-state index contributed by atoms with van der Waals surface area (Å²) in [6, 6.07) is 0. The summed E-state index contributed by atoms with van der Waals surface area (Å²) in [5.41, 5.74) is 0. The molecule has 1 rings (SSSR count). The summed E-state index contributed by atoms with van der Waals surface area (Å²) in [6.07, 6.45) is -0.238. The van der Waals surface area contributed by atoms with Crippen LogP contribution in [0, 0.1) is 0 Å². The van der Waals surface area contributed by atoms with Crippen LogP contribution in [0.15, 0.2) is 0 Å². The van der Waals surface area contributed by atoms with Gasteiger partial charge in [0.2, 0.25) is 5.91 Å². The van der Waals surface area contributed by atoms with E-state index in [4.69, 9.17) is 9.47 Å². The fourth-order valence-electron chi connectivity index (χ4n) is 0.940. The maximum atomic E-state index is 11.1. The molecule has 0 aromatic carbocycles. The summed E-state index contributed by atoms with van der Waals surface area (Å²) in [4.78, 5) is 12.7. The third-order valence-corrected chi connectivity index (χ3v) is 2.13. The molecule has 0 N–H and O–H groups in total. The topological polar surface area (TPSA) is 38.8 Å². The van der Waals surface area contributed by atoms with Gasteiger partial charge >= 0.3 is 0 Å². The molecule has 0 bridgehead atoms. The molecule has 1 aliphatic rings. The monoisotopic (exact) mass is 237 g/mol. The standard InChI is InChI=1S/C7H12BrNO3/c1-9(6(10)4-8)5-7-11-2-3-12-7/h7H,2-5H2,1H3. The molecule has 0 unspecified atom stereocenters. The third kappa shape index (κ3) is 2.73. The van der Waals surface area contributed by atoms with Crippen LogP contribution in [-0.2, 0) is 14.3 Å². The van der Waals surface area contributed by atoms with Crippen molar-refractivity contribution in [1.29, 1.82) is 0 Å². The van der Waals surface area contributed by atoms with E-state index in [-0.39, 0.29) is 12.2 Å². The van der Waals surface area contributed by atoms with Crippen LogP contribution in [0.3, 0.4) is 0 Å². The van der Waals surface area contributed by atoms with Gasteiger partial charge in [-0.15, -0.1) is 0 Å². The van der Waals surface area contributed by atoms with Crippen molar-refractivity contribution in [2.45, 2.75) is 6.29 Å². The summed E-state index contributed by atoms with van der Waals surface area (Å²) >= 11 is 3.09. The first-order valence-electron chi connectivity index (χ1n) is 3.77. The molecule has 0 aliphatic carbocycles. The molecule has 0 saturated carbocycles. The number of alkyl halides is 1. The SMILES string of the molecule is CN(CC1OCCO1)C(=O)CBr. The minimum atomic E-state index is -0.238. The van der Waals surface area contributed by atoms with Gasteiger partial charge in [-0.3, -0.25) is 4.79 Å². The smallest absolute Gasteiger partial charge is 0.233 e. The number of hydrogen-bond acceptors (Lipinski definition) is 3. The summed E-state index contributed by atoms with van der Waals surface area (Å²) in [5, 5.41) is 0.343. The van der Waals surface area contributed by atoms with Crippen molar-refractivity contribution in [3.8, 4) is 0 Å². The highest BCUT2D eigenvalue weighted by molar-refractivity contribution is 9.09. The highest BCUT2D eigenvalue weighted by Gasteiger charge is 2.19. The first-order valence-corrected chi connectivity index (χ1v) is 4.89. The van der Waals surface area contributed by atoms with Crippen molar-refractivity contribution in [3.63, 3.8) is 0 Å². The van der Waals surface area contributed by atoms with Gasteiger partial charge in [0.05, 0.1) is 25.1 Å². The average molecular weight is 238 g/mol. The lowest BCUT2D eigenvalue weighted by Gasteiger charge is -2.18. The minimum absolute atomic E-state index is 0.0362. The van der Waals surface area contributed by atoms with Crippen LogP contribution in [0.25, 0.3) is 0 Å². The number of nitrogens with zero attached hydrogens (tertiary/aromatic N) is 1. The predicted octanol–water partition coefficient (Wildman–Crippen LogP) is 0.213. The molecule has 0 spiro atoms. The number of carbonyl (C=O) groups excluding carboxylic acids is 1. The second-order valence-electron chi connectivity index (χ2n) is 2.58. The van der Waals surface area contributed by atoms with Crippen LogP contribution in [0.5, 0.6) is 0 Å². The lowest BCUT2D eigenvalue weighted by molar-refractivity contribution is -0.132. The average Bonchev–Trinajstić information content (AvgIpc) is 2.55. The van der Waals surface area contributed by atoms with Crippen molar-refractivity contribution in [2.75, 3.05) is 32.1 Å². The van der Waals surface area contributed by atoms with Gasteiger partial charge in [-0.1, -0.05) is 15.9 Å². The van der Waals surface area contributed by atoms with Crippen LogP contribution in [0.1, 0.15) is 0 Å². The Hall–Kier alpha value is -0.130. The lowest BCUT2D eigenvalue weighted by Crippen LogP contribution is -2.35. The van der Waals surface area contributed by atoms with E-state index in [1.165, 1.54) is 0 Å². The van der Waals surface area contributed by atoms with E-state index in [9.17, 15) is 4.79 Å². The second-order valence-corrected chi connectivity index (χ2v) is 3.14. The van der Waals surface area contributed by atoms with E-state index in [0.717, 1.165) is 0 Å². The van der Waals surface area contributed by atoms with Gasteiger partial charge in [0.25, 0.3) is 0 Å². The van der Waals surface area contributed by atoms with Gasteiger partial charge < -0.3 is 14.4 Å². The normalized spacial score (nSPS) is 18.2. The Morgan fingerprint density at radius 3 is 2.67 bits per heavy atom. The number of rotatable bonds is 3. The van der Waals surface area contributed by atoms with E-state index >= 15 is 0 Å². The quantitative estimate of drug-likeness (QED) is 0.660. The maximum Gasteiger partial charge on any atom is 0.233 e. The molecular formula is C7H12BrNO3. The highest BCUT2D eigenvalue weighted by atomic mass is 79.9. The van der Waals surface area contributed by atoms with E-state index in [2.05, 4.69) is 15.9 Å². The fraction of sp³-hybridized carbons (Fsp3) is 0.857. The molecule has 70 valence electrons. The number of carbonyl (C=O) groups is 1. The van der Waals surface area contributed by atoms with Crippen molar-refractivity contribution < 1.29 is 14.3 Å². The van der Waals surface area contributed by atoms with Gasteiger partial charge in [0.15, 0.2) is 6.29 Å². The Kier molecular flexibility index (Phi) is 3.97. The molecule has 1 fully saturated rings. The van der Waals surface area contributed by atoms with Crippen molar-refractivity contribution in [1.82, 2.24) is 4.90 Å². The van der Waals surface area contributed by atoms with Crippen molar-refractivity contribution in [2.24, 2.45) is 0 Å². The first kappa shape index (κ1) is 9.95. The minimum Gasteiger partial charge on any atom is -0.348 e. The van der Waals surface area contributed by atoms with E-state index in [1.807, 2.05) is 0 Å². The lowest BCUT2D eigenvalue weighted by atomic mass is 10.5. The molecule has 1 heterocycles. The van der Waals surface area contributed by atoms with Crippen LogP contribution in [0.4, 0.5) is 0 Å². The van der Waals surface area contributed by atoms with Gasteiger partial charge in [-0.05, 0) is 0 Å². The van der Waals surface area contributed by atoms with Crippen LogP contribution < -0.4 is 0 Å². The molecule has 1 aliphatic heterocycles. The third-order valence-electron chi connectivity index (χ3n) is 1.65. The number of hydrogen-bond donors (Lipinski definition) is 0. The Morgan fingerprint density at radius 1 is 1.58 bits per heavy atom. The maximum absolute atomic E-state index is 11.1. The largest absolute Gasteiger partial charge is 0.348 e. The zero-order valence-corrected chi connectivity index (χ0v) is 8.54. The van der Waals surface area contributed by atoms with Crippen LogP contribution in [0.2, 0.25) is 0 Å². The molecule has 1 amide bonds. The first-order chi connectivity index (χ1) is 5.74. The second kappa shape index (κ2) is 4.79.